The van der Waals surface area contributed by atoms with Crippen LogP contribution in [0.5, 0.6) is 5.75 Å². The monoisotopic (exact) mass is 407 g/mol. The summed E-state index contributed by atoms with van der Waals surface area (Å²) in [6.45, 7) is 0. The van der Waals surface area contributed by atoms with Crippen LogP contribution in [0, 0.1) is 0 Å². The van der Waals surface area contributed by atoms with Crippen molar-refractivity contribution in [1.29, 1.82) is 0 Å². The summed E-state index contributed by atoms with van der Waals surface area (Å²) in [4.78, 5) is 12.3. The van der Waals surface area contributed by atoms with Crippen LogP contribution < -0.4 is 4.74 Å². The highest BCUT2D eigenvalue weighted by Crippen LogP contribution is 2.26. The van der Waals surface area contributed by atoms with Crippen molar-refractivity contribution < 1.29 is 14.1 Å². The van der Waals surface area contributed by atoms with Crippen LogP contribution in [0.15, 0.2) is 81.8 Å². The molecule has 5 heteroatoms. The molecule has 4 aromatic rings. The zero-order valence-corrected chi connectivity index (χ0v) is 15.3. The van der Waals surface area contributed by atoms with Gasteiger partial charge in [-0.15, -0.1) is 0 Å². The van der Waals surface area contributed by atoms with Gasteiger partial charge in [0, 0.05) is 22.3 Å². The molecule has 26 heavy (non-hydrogen) atoms. The third-order valence-electron chi connectivity index (χ3n) is 4.04. The Morgan fingerprint density at radius 1 is 1.00 bits per heavy atom. The molecule has 0 saturated carbocycles. The summed E-state index contributed by atoms with van der Waals surface area (Å²) >= 11 is 3.36. The van der Waals surface area contributed by atoms with Crippen LogP contribution in [0.1, 0.15) is 21.6 Å². The molecule has 128 valence electrons. The molecule has 0 fully saturated rings. The summed E-state index contributed by atoms with van der Waals surface area (Å²) in [5, 5.41) is 5.07. The molecule has 0 radical (unpaired) electrons. The number of nitrogens with zero attached hydrogens (tertiary/aromatic N) is 1. The van der Waals surface area contributed by atoms with Gasteiger partial charge in [0.2, 0.25) is 0 Å². The Hall–Kier alpha value is -2.92. The molecule has 0 spiro atoms. The topological polar surface area (TPSA) is 52.3 Å². The molecule has 3 aromatic carbocycles. The van der Waals surface area contributed by atoms with E-state index in [1.807, 2.05) is 42.5 Å². The number of aromatic nitrogens is 1. The van der Waals surface area contributed by atoms with E-state index in [4.69, 9.17) is 9.26 Å². The van der Waals surface area contributed by atoms with E-state index in [0.717, 1.165) is 16.6 Å². The van der Waals surface area contributed by atoms with Gasteiger partial charge in [0.1, 0.15) is 5.75 Å². The van der Waals surface area contributed by atoms with E-state index in [1.165, 1.54) is 0 Å². The lowest BCUT2D eigenvalue weighted by Gasteiger charge is -2.05. The fraction of sp³-hybridized carbons (Fsp3) is 0.0476. The first-order valence-corrected chi connectivity index (χ1v) is 8.89. The Bertz CT molecular complexity index is 1070. The lowest BCUT2D eigenvalue weighted by atomic mass is 10.1. The maximum atomic E-state index is 12.3. The number of hydrogen-bond acceptors (Lipinski definition) is 4. The number of carbonyl (C=O) groups excluding carboxylic acids is 1. The number of halogens is 1. The molecular weight excluding hydrogens is 394 g/mol. The van der Waals surface area contributed by atoms with Gasteiger partial charge in [0.15, 0.2) is 5.58 Å². The number of benzene rings is 3. The molecular formula is C21H14BrNO3. The second-order valence-electron chi connectivity index (χ2n) is 5.82. The van der Waals surface area contributed by atoms with E-state index >= 15 is 0 Å². The van der Waals surface area contributed by atoms with Crippen LogP contribution in [0.25, 0.3) is 11.0 Å². The van der Waals surface area contributed by atoms with Crippen molar-refractivity contribution in [2.75, 3.05) is 0 Å². The van der Waals surface area contributed by atoms with Gasteiger partial charge in [-0.1, -0.05) is 47.6 Å². The molecule has 0 bridgehead atoms. The maximum Gasteiger partial charge on any atom is 0.344 e. The number of esters is 1. The lowest BCUT2D eigenvalue weighted by Crippen LogP contribution is -2.09. The van der Waals surface area contributed by atoms with E-state index in [0.29, 0.717) is 27.8 Å². The molecule has 1 heterocycles. The third kappa shape index (κ3) is 3.39. The van der Waals surface area contributed by atoms with Crippen molar-refractivity contribution in [3.63, 3.8) is 0 Å². The first-order valence-electron chi connectivity index (χ1n) is 8.09. The van der Waals surface area contributed by atoms with Crippen LogP contribution in [-0.4, -0.2) is 11.1 Å². The average Bonchev–Trinajstić information content (AvgIpc) is 3.05. The normalized spacial score (nSPS) is 10.8. The van der Waals surface area contributed by atoms with E-state index in [9.17, 15) is 4.79 Å². The molecule has 0 amide bonds. The van der Waals surface area contributed by atoms with Crippen LogP contribution in [0.3, 0.4) is 0 Å². The Labute approximate surface area is 158 Å². The summed E-state index contributed by atoms with van der Waals surface area (Å²) < 4.78 is 11.6. The fourth-order valence-corrected chi connectivity index (χ4v) is 3.19. The molecule has 1 aromatic heterocycles. The van der Waals surface area contributed by atoms with Crippen molar-refractivity contribution in [1.82, 2.24) is 5.16 Å². The summed E-state index contributed by atoms with van der Waals surface area (Å²) in [6, 6.07) is 22.5. The molecule has 0 unspecified atom stereocenters. The van der Waals surface area contributed by atoms with Crippen LogP contribution in [-0.2, 0) is 6.42 Å². The van der Waals surface area contributed by atoms with Gasteiger partial charge in [-0.05, 0) is 45.8 Å². The average molecular weight is 408 g/mol. The van der Waals surface area contributed by atoms with Gasteiger partial charge in [0.25, 0.3) is 0 Å². The number of hydrogen-bond donors (Lipinski definition) is 0. The number of fused-ring (bicyclic) bond motifs is 1. The lowest BCUT2D eigenvalue weighted by molar-refractivity contribution is 0.0734. The van der Waals surface area contributed by atoms with Gasteiger partial charge in [-0.3, -0.25) is 0 Å². The largest absolute Gasteiger partial charge is 0.423 e. The van der Waals surface area contributed by atoms with Gasteiger partial charge >= 0.3 is 5.97 Å². The maximum absolute atomic E-state index is 12.3. The fourth-order valence-electron chi connectivity index (χ4n) is 2.74. The molecule has 0 aliphatic heterocycles. The predicted molar refractivity (Wildman–Crippen MR) is 102 cm³/mol. The quantitative estimate of drug-likeness (QED) is 0.335. The van der Waals surface area contributed by atoms with Gasteiger partial charge in [-0.25, -0.2) is 4.79 Å². The summed E-state index contributed by atoms with van der Waals surface area (Å²) in [7, 11) is 0. The minimum atomic E-state index is -0.430. The van der Waals surface area contributed by atoms with Crippen LogP contribution in [0.2, 0.25) is 0 Å². The van der Waals surface area contributed by atoms with Crippen molar-refractivity contribution in [2.45, 2.75) is 6.42 Å². The molecule has 0 aliphatic carbocycles. The highest BCUT2D eigenvalue weighted by molar-refractivity contribution is 9.10. The Morgan fingerprint density at radius 3 is 2.58 bits per heavy atom. The molecule has 4 rings (SSSR count). The van der Waals surface area contributed by atoms with E-state index in [2.05, 4.69) is 21.1 Å². The van der Waals surface area contributed by atoms with Crippen LogP contribution in [0.4, 0.5) is 0 Å². The molecule has 4 nitrogen and oxygen atoms in total. The summed E-state index contributed by atoms with van der Waals surface area (Å²) in [5.41, 5.74) is 3.07. The zero-order chi connectivity index (χ0) is 17.9. The second kappa shape index (κ2) is 7.14. The number of rotatable bonds is 4. The minimum Gasteiger partial charge on any atom is -0.423 e. The van der Waals surface area contributed by atoms with Crippen molar-refractivity contribution >= 4 is 32.9 Å². The van der Waals surface area contributed by atoms with Gasteiger partial charge in [-0.2, -0.15) is 0 Å². The van der Waals surface area contributed by atoms with Crippen molar-refractivity contribution in [2.24, 2.45) is 0 Å². The first kappa shape index (κ1) is 16.5. The van der Waals surface area contributed by atoms with E-state index in [1.54, 1.807) is 30.3 Å². The minimum absolute atomic E-state index is 0.417. The van der Waals surface area contributed by atoms with Crippen LogP contribution >= 0.6 is 15.9 Å². The molecule has 0 aliphatic rings. The number of carbonyl (C=O) groups is 1. The smallest absolute Gasteiger partial charge is 0.344 e. The Morgan fingerprint density at radius 2 is 1.77 bits per heavy atom. The molecule has 0 saturated heterocycles. The standard InChI is InChI=1S/C21H14BrNO3/c22-18-9-5-4-8-16(18)21(24)25-15-10-11-17-19(23-26-20(17)13-15)12-14-6-2-1-3-7-14/h1-11,13H,12H2. The Kier molecular flexibility index (Phi) is 4.54. The third-order valence-corrected chi connectivity index (χ3v) is 4.73. The second-order valence-corrected chi connectivity index (χ2v) is 6.67. The van der Waals surface area contributed by atoms with E-state index in [-0.39, 0.29) is 0 Å². The summed E-state index contributed by atoms with van der Waals surface area (Å²) in [5.74, 6) is -0.0125. The molecule has 0 atom stereocenters. The highest BCUT2D eigenvalue weighted by atomic mass is 79.9. The van der Waals surface area contributed by atoms with E-state index < -0.39 is 5.97 Å². The van der Waals surface area contributed by atoms with Crippen molar-refractivity contribution in [3.8, 4) is 5.75 Å². The zero-order valence-electron chi connectivity index (χ0n) is 13.7. The SMILES string of the molecule is O=C(Oc1ccc2c(Cc3ccccc3)noc2c1)c1ccccc1Br. The highest BCUT2D eigenvalue weighted by Gasteiger charge is 2.14. The first-order chi connectivity index (χ1) is 12.7. The van der Waals surface area contributed by atoms with Gasteiger partial charge in [0.05, 0.1) is 11.3 Å². The number of ether oxygens (including phenoxy) is 1. The van der Waals surface area contributed by atoms with Gasteiger partial charge < -0.3 is 9.26 Å². The van der Waals surface area contributed by atoms with Crippen molar-refractivity contribution in [3.05, 3.63) is 94.1 Å². The Balaban J connectivity index is 1.57. The predicted octanol–water partition coefficient (Wildman–Crippen LogP) is 5.40. The summed E-state index contributed by atoms with van der Waals surface area (Å²) in [6.07, 6.45) is 0.684. The molecule has 0 N–H and O–H groups in total.